The lowest BCUT2D eigenvalue weighted by molar-refractivity contribution is 0.102. The van der Waals surface area contributed by atoms with Gasteiger partial charge in [-0.1, -0.05) is 36.8 Å². The first-order valence-electron chi connectivity index (χ1n) is 8.28. The van der Waals surface area contributed by atoms with E-state index in [-0.39, 0.29) is 11.6 Å². The van der Waals surface area contributed by atoms with Gasteiger partial charge in [-0.3, -0.25) is 4.79 Å². The van der Waals surface area contributed by atoms with Crippen molar-refractivity contribution in [3.63, 3.8) is 0 Å². The number of hydrogen-bond donors (Lipinski definition) is 2. The molecule has 2 N–H and O–H groups in total. The standard InChI is InChI=1S/C20H20N2O3/c1-3-12-21-17-15-6-4-5-7-16(15)25-20(24)18(17)22-19(23)14-10-8-13(2)9-11-14/h4-11,21H,3,12H2,1-2H3,(H,22,23). The maximum Gasteiger partial charge on any atom is 0.362 e. The molecule has 0 saturated heterocycles. The third kappa shape index (κ3) is 3.55. The van der Waals surface area contributed by atoms with E-state index in [9.17, 15) is 9.59 Å². The summed E-state index contributed by atoms with van der Waals surface area (Å²) in [5, 5.41) is 6.70. The molecule has 2 aromatic carbocycles. The molecule has 0 aliphatic heterocycles. The molecule has 1 amide bonds. The van der Waals surface area contributed by atoms with Gasteiger partial charge in [0, 0.05) is 17.5 Å². The molecule has 5 heteroatoms. The van der Waals surface area contributed by atoms with Crippen LogP contribution in [0.15, 0.2) is 57.7 Å². The number of nitrogens with one attached hydrogen (secondary N) is 2. The summed E-state index contributed by atoms with van der Waals surface area (Å²) < 4.78 is 5.36. The fourth-order valence-electron chi connectivity index (χ4n) is 2.59. The van der Waals surface area contributed by atoms with Gasteiger partial charge in [0.15, 0.2) is 5.69 Å². The van der Waals surface area contributed by atoms with Crippen LogP contribution in [0, 0.1) is 6.92 Å². The van der Waals surface area contributed by atoms with Gasteiger partial charge in [0.2, 0.25) is 0 Å². The Morgan fingerprint density at radius 3 is 2.48 bits per heavy atom. The summed E-state index contributed by atoms with van der Waals surface area (Å²) in [4.78, 5) is 24.9. The van der Waals surface area contributed by atoms with Crippen molar-refractivity contribution in [1.82, 2.24) is 0 Å². The fraction of sp³-hybridized carbons (Fsp3) is 0.200. The van der Waals surface area contributed by atoms with Gasteiger partial charge in [-0.25, -0.2) is 4.79 Å². The maximum atomic E-state index is 12.5. The fourth-order valence-corrected chi connectivity index (χ4v) is 2.59. The molecular formula is C20H20N2O3. The monoisotopic (exact) mass is 336 g/mol. The van der Waals surface area contributed by atoms with Crippen LogP contribution in [0.1, 0.15) is 29.3 Å². The zero-order valence-electron chi connectivity index (χ0n) is 14.3. The number of carbonyl (C=O) groups is 1. The molecule has 1 heterocycles. The summed E-state index contributed by atoms with van der Waals surface area (Å²) in [6.45, 7) is 4.67. The minimum absolute atomic E-state index is 0.137. The van der Waals surface area contributed by atoms with Crippen LogP contribution in [0.25, 0.3) is 11.0 Å². The van der Waals surface area contributed by atoms with Crippen molar-refractivity contribution in [1.29, 1.82) is 0 Å². The van der Waals surface area contributed by atoms with Gasteiger partial charge in [-0.2, -0.15) is 0 Å². The first-order valence-corrected chi connectivity index (χ1v) is 8.28. The van der Waals surface area contributed by atoms with Crippen molar-refractivity contribution in [3.8, 4) is 0 Å². The van der Waals surface area contributed by atoms with Crippen LogP contribution in [-0.4, -0.2) is 12.5 Å². The van der Waals surface area contributed by atoms with E-state index < -0.39 is 5.63 Å². The second-order valence-electron chi connectivity index (χ2n) is 5.88. The second-order valence-corrected chi connectivity index (χ2v) is 5.88. The molecule has 25 heavy (non-hydrogen) atoms. The smallest absolute Gasteiger partial charge is 0.362 e. The third-order valence-corrected chi connectivity index (χ3v) is 3.92. The lowest BCUT2D eigenvalue weighted by Crippen LogP contribution is -2.20. The van der Waals surface area contributed by atoms with Gasteiger partial charge in [-0.15, -0.1) is 0 Å². The lowest BCUT2D eigenvalue weighted by Gasteiger charge is -2.14. The summed E-state index contributed by atoms with van der Waals surface area (Å²) in [5.41, 5.74) is 2.19. The van der Waals surface area contributed by atoms with Crippen molar-refractivity contribution < 1.29 is 9.21 Å². The second kappa shape index (κ2) is 7.21. The predicted octanol–water partition coefficient (Wildman–Crippen LogP) is 4.18. The van der Waals surface area contributed by atoms with Crippen LogP contribution < -0.4 is 16.3 Å². The van der Waals surface area contributed by atoms with E-state index >= 15 is 0 Å². The number of aryl methyl sites for hydroxylation is 1. The van der Waals surface area contributed by atoms with Crippen LogP contribution in [0.2, 0.25) is 0 Å². The van der Waals surface area contributed by atoms with E-state index in [0.717, 1.165) is 17.4 Å². The Morgan fingerprint density at radius 2 is 1.76 bits per heavy atom. The molecule has 0 aliphatic carbocycles. The molecule has 128 valence electrons. The number of amides is 1. The first-order chi connectivity index (χ1) is 12.1. The Labute approximate surface area is 145 Å². The van der Waals surface area contributed by atoms with Crippen LogP contribution in [0.5, 0.6) is 0 Å². The molecule has 3 aromatic rings. The predicted molar refractivity (Wildman–Crippen MR) is 100 cm³/mol. The van der Waals surface area contributed by atoms with E-state index in [2.05, 4.69) is 10.6 Å². The number of anilines is 2. The van der Waals surface area contributed by atoms with E-state index in [1.165, 1.54) is 0 Å². The number of rotatable bonds is 5. The molecule has 5 nitrogen and oxygen atoms in total. The minimum Gasteiger partial charge on any atom is -0.421 e. The summed E-state index contributed by atoms with van der Waals surface area (Å²) >= 11 is 0. The van der Waals surface area contributed by atoms with Gasteiger partial charge in [0.05, 0.1) is 5.69 Å². The van der Waals surface area contributed by atoms with E-state index in [1.54, 1.807) is 24.3 Å². The average Bonchev–Trinajstić information content (AvgIpc) is 2.62. The Hall–Kier alpha value is -3.08. The number of hydrogen-bond acceptors (Lipinski definition) is 4. The van der Waals surface area contributed by atoms with Crippen molar-refractivity contribution >= 4 is 28.3 Å². The van der Waals surface area contributed by atoms with Gasteiger partial charge in [-0.05, 0) is 37.6 Å². The van der Waals surface area contributed by atoms with E-state index in [1.807, 2.05) is 38.1 Å². The normalized spacial score (nSPS) is 10.6. The number of fused-ring (bicyclic) bond motifs is 1. The summed E-state index contributed by atoms with van der Waals surface area (Å²) in [6, 6.07) is 14.4. The zero-order valence-corrected chi connectivity index (χ0v) is 14.3. The minimum atomic E-state index is -0.572. The van der Waals surface area contributed by atoms with Crippen LogP contribution in [-0.2, 0) is 0 Å². The molecular weight excluding hydrogens is 316 g/mol. The highest BCUT2D eigenvalue weighted by Gasteiger charge is 2.17. The molecule has 0 radical (unpaired) electrons. The molecule has 0 bridgehead atoms. The summed E-state index contributed by atoms with van der Waals surface area (Å²) in [7, 11) is 0. The topological polar surface area (TPSA) is 71.3 Å². The highest BCUT2D eigenvalue weighted by Crippen LogP contribution is 2.28. The Bertz CT molecular complexity index is 959. The average molecular weight is 336 g/mol. The van der Waals surface area contributed by atoms with E-state index in [4.69, 9.17) is 4.42 Å². The largest absolute Gasteiger partial charge is 0.421 e. The molecule has 0 fully saturated rings. The molecule has 0 spiro atoms. The van der Waals surface area contributed by atoms with Gasteiger partial charge in [0.25, 0.3) is 5.91 Å². The molecule has 0 aliphatic rings. The van der Waals surface area contributed by atoms with Crippen molar-refractivity contribution in [2.75, 3.05) is 17.2 Å². The highest BCUT2D eigenvalue weighted by molar-refractivity contribution is 6.08. The number of para-hydroxylation sites is 1. The molecule has 1 aromatic heterocycles. The van der Waals surface area contributed by atoms with E-state index in [0.29, 0.717) is 23.4 Å². The SMILES string of the molecule is CCCNc1c(NC(=O)c2ccc(C)cc2)c(=O)oc2ccccc12. The number of carbonyl (C=O) groups excluding carboxylic acids is 1. The highest BCUT2D eigenvalue weighted by atomic mass is 16.4. The van der Waals surface area contributed by atoms with Crippen molar-refractivity contribution in [3.05, 3.63) is 70.1 Å². The molecule has 3 rings (SSSR count). The first kappa shape index (κ1) is 16.8. The zero-order chi connectivity index (χ0) is 17.8. The molecule has 0 atom stereocenters. The van der Waals surface area contributed by atoms with Crippen LogP contribution in [0.3, 0.4) is 0 Å². The van der Waals surface area contributed by atoms with Crippen molar-refractivity contribution in [2.45, 2.75) is 20.3 Å². The van der Waals surface area contributed by atoms with Crippen LogP contribution >= 0.6 is 0 Å². The quantitative estimate of drug-likeness (QED) is 0.686. The summed E-state index contributed by atoms with van der Waals surface area (Å²) in [6.07, 6.45) is 0.889. The summed E-state index contributed by atoms with van der Waals surface area (Å²) in [5.74, 6) is -0.345. The molecule has 0 saturated carbocycles. The lowest BCUT2D eigenvalue weighted by atomic mass is 10.1. The van der Waals surface area contributed by atoms with Gasteiger partial charge < -0.3 is 15.1 Å². The Morgan fingerprint density at radius 1 is 1.04 bits per heavy atom. The Balaban J connectivity index is 2.04. The molecule has 0 unspecified atom stereocenters. The van der Waals surface area contributed by atoms with Crippen molar-refractivity contribution in [2.24, 2.45) is 0 Å². The maximum absolute atomic E-state index is 12.5. The number of benzene rings is 2. The Kier molecular flexibility index (Phi) is 4.84. The van der Waals surface area contributed by atoms with Gasteiger partial charge >= 0.3 is 5.63 Å². The van der Waals surface area contributed by atoms with Crippen LogP contribution in [0.4, 0.5) is 11.4 Å². The van der Waals surface area contributed by atoms with Gasteiger partial charge in [0.1, 0.15) is 5.58 Å². The third-order valence-electron chi connectivity index (χ3n) is 3.92.